The molecule has 0 bridgehead atoms. The van der Waals surface area contributed by atoms with E-state index >= 15 is 0 Å². The van der Waals surface area contributed by atoms with Gasteiger partial charge in [-0.1, -0.05) is 38.2 Å². The van der Waals surface area contributed by atoms with Crippen molar-refractivity contribution in [3.8, 4) is 0 Å². The first kappa shape index (κ1) is 13.2. The van der Waals surface area contributed by atoms with E-state index in [4.69, 9.17) is 0 Å². The van der Waals surface area contributed by atoms with Crippen LogP contribution in [0.4, 0.5) is 0 Å². The van der Waals surface area contributed by atoms with Crippen LogP contribution in [0.25, 0.3) is 0 Å². The van der Waals surface area contributed by atoms with Crippen molar-refractivity contribution in [2.75, 3.05) is 0 Å². The lowest BCUT2D eigenvalue weighted by molar-refractivity contribution is -0.140. The van der Waals surface area contributed by atoms with E-state index in [9.17, 15) is 9.90 Å². The summed E-state index contributed by atoms with van der Waals surface area (Å²) < 4.78 is 0. The molecule has 1 N–H and O–H groups in total. The topological polar surface area (TPSA) is 37.3 Å². The van der Waals surface area contributed by atoms with E-state index in [2.05, 4.69) is 6.58 Å². The number of hydrogen-bond donors (Lipinski definition) is 1. The van der Waals surface area contributed by atoms with Crippen molar-refractivity contribution in [2.45, 2.75) is 46.6 Å². The smallest absolute Gasteiger partial charge is 0.145 e. The molecule has 2 unspecified atom stereocenters. The van der Waals surface area contributed by atoms with Crippen LogP contribution in [-0.2, 0) is 4.79 Å². The van der Waals surface area contributed by atoms with Gasteiger partial charge in [-0.05, 0) is 25.7 Å². The molecule has 0 spiro atoms. The molecule has 0 heterocycles. The molecule has 0 amide bonds. The second-order valence-corrected chi connectivity index (χ2v) is 5.75. The third kappa shape index (κ3) is 2.27. The standard InChI is InChI=1S/C14H22O2/c1-10(2)6-7-14(5)12(16)8-11(15)9-13(14,3)4/h6-7,11,15H,1,8-9H2,2-5H3/b7-6-. The molecule has 16 heavy (non-hydrogen) atoms. The van der Waals surface area contributed by atoms with E-state index in [0.717, 1.165) is 5.57 Å². The minimum Gasteiger partial charge on any atom is -0.393 e. The SMILES string of the molecule is C=C(C)/C=C\C1(C)C(=O)CC(O)CC1(C)C. The molecule has 0 aromatic heterocycles. The van der Waals surface area contributed by atoms with E-state index in [1.54, 1.807) is 0 Å². The average Bonchev–Trinajstić information content (AvgIpc) is 2.10. The summed E-state index contributed by atoms with van der Waals surface area (Å²) in [5.41, 5.74) is 0.231. The van der Waals surface area contributed by atoms with Crippen LogP contribution in [0.2, 0.25) is 0 Å². The van der Waals surface area contributed by atoms with Crippen LogP contribution in [0, 0.1) is 10.8 Å². The Balaban J connectivity index is 3.07. The Morgan fingerprint density at radius 2 is 2.06 bits per heavy atom. The average molecular weight is 222 g/mol. The Bertz CT molecular complexity index is 339. The molecular weight excluding hydrogens is 200 g/mol. The molecule has 0 aliphatic heterocycles. The number of hydrogen-bond acceptors (Lipinski definition) is 2. The molecule has 0 aromatic rings. The van der Waals surface area contributed by atoms with Gasteiger partial charge >= 0.3 is 0 Å². The van der Waals surface area contributed by atoms with Gasteiger partial charge in [0, 0.05) is 11.8 Å². The predicted molar refractivity (Wildman–Crippen MR) is 66.1 cm³/mol. The summed E-state index contributed by atoms with van der Waals surface area (Å²) in [6, 6.07) is 0. The number of Topliss-reactive ketones (excluding diaryl/α,β-unsaturated/α-hetero) is 1. The van der Waals surface area contributed by atoms with Gasteiger partial charge in [0.1, 0.15) is 5.78 Å². The predicted octanol–water partition coefficient (Wildman–Crippen LogP) is 2.88. The number of allylic oxidation sites excluding steroid dienone is 3. The number of aliphatic hydroxyl groups excluding tert-OH is 1. The molecule has 0 aromatic carbocycles. The summed E-state index contributed by atoms with van der Waals surface area (Å²) in [7, 11) is 0. The largest absolute Gasteiger partial charge is 0.393 e. The molecule has 1 saturated carbocycles. The zero-order chi connectivity index (χ0) is 12.6. The van der Waals surface area contributed by atoms with E-state index in [1.165, 1.54) is 0 Å². The first-order chi connectivity index (χ1) is 7.19. The third-order valence-electron chi connectivity index (χ3n) is 3.85. The highest BCUT2D eigenvalue weighted by molar-refractivity contribution is 5.88. The number of rotatable bonds is 2. The van der Waals surface area contributed by atoms with Crippen LogP contribution in [-0.4, -0.2) is 17.0 Å². The maximum Gasteiger partial charge on any atom is 0.145 e. The molecule has 2 atom stereocenters. The van der Waals surface area contributed by atoms with E-state index in [1.807, 2.05) is 39.8 Å². The quantitative estimate of drug-likeness (QED) is 0.729. The fourth-order valence-electron chi connectivity index (χ4n) is 2.30. The Kier molecular flexibility index (Phi) is 3.44. The van der Waals surface area contributed by atoms with Gasteiger partial charge in [-0.15, -0.1) is 0 Å². The van der Waals surface area contributed by atoms with Crippen molar-refractivity contribution >= 4 is 5.78 Å². The minimum atomic E-state index is -0.495. The molecule has 90 valence electrons. The second kappa shape index (κ2) is 4.17. The fourth-order valence-corrected chi connectivity index (χ4v) is 2.30. The van der Waals surface area contributed by atoms with Gasteiger partial charge in [-0.3, -0.25) is 4.79 Å². The summed E-state index contributed by atoms with van der Waals surface area (Å²) >= 11 is 0. The van der Waals surface area contributed by atoms with Crippen LogP contribution in [0.15, 0.2) is 24.3 Å². The zero-order valence-corrected chi connectivity index (χ0v) is 10.7. The van der Waals surface area contributed by atoms with E-state index in [-0.39, 0.29) is 17.6 Å². The van der Waals surface area contributed by atoms with Crippen LogP contribution in [0.1, 0.15) is 40.5 Å². The summed E-state index contributed by atoms with van der Waals surface area (Å²) in [5.74, 6) is 0.119. The fraction of sp³-hybridized carbons (Fsp3) is 0.643. The zero-order valence-electron chi connectivity index (χ0n) is 10.7. The highest BCUT2D eigenvalue weighted by Crippen LogP contribution is 2.49. The third-order valence-corrected chi connectivity index (χ3v) is 3.85. The molecule has 1 rings (SSSR count). The lowest BCUT2D eigenvalue weighted by Gasteiger charge is -2.46. The molecule has 0 radical (unpaired) electrons. The maximum absolute atomic E-state index is 12.1. The van der Waals surface area contributed by atoms with E-state index < -0.39 is 11.5 Å². The van der Waals surface area contributed by atoms with Crippen molar-refractivity contribution in [1.29, 1.82) is 0 Å². The number of aliphatic hydroxyl groups is 1. The number of carbonyl (C=O) groups is 1. The van der Waals surface area contributed by atoms with Crippen LogP contribution in [0.5, 0.6) is 0 Å². The van der Waals surface area contributed by atoms with Crippen molar-refractivity contribution < 1.29 is 9.90 Å². The van der Waals surface area contributed by atoms with Gasteiger partial charge in [-0.2, -0.15) is 0 Å². The van der Waals surface area contributed by atoms with Crippen molar-refractivity contribution in [1.82, 2.24) is 0 Å². The molecule has 1 aliphatic rings. The second-order valence-electron chi connectivity index (χ2n) is 5.75. The highest BCUT2D eigenvalue weighted by atomic mass is 16.3. The van der Waals surface area contributed by atoms with E-state index in [0.29, 0.717) is 6.42 Å². The summed E-state index contributed by atoms with van der Waals surface area (Å²) in [6.45, 7) is 11.8. The molecule has 2 heteroatoms. The van der Waals surface area contributed by atoms with Crippen LogP contribution < -0.4 is 0 Å². The van der Waals surface area contributed by atoms with Gasteiger partial charge in [0.2, 0.25) is 0 Å². The summed E-state index contributed by atoms with van der Waals surface area (Å²) in [4.78, 5) is 12.1. The molecule has 0 saturated heterocycles. The Morgan fingerprint density at radius 3 is 2.50 bits per heavy atom. The maximum atomic E-state index is 12.1. The van der Waals surface area contributed by atoms with Gasteiger partial charge < -0.3 is 5.11 Å². The number of carbonyl (C=O) groups excluding carboxylic acids is 1. The monoisotopic (exact) mass is 222 g/mol. The molecule has 1 fully saturated rings. The Morgan fingerprint density at radius 1 is 1.50 bits per heavy atom. The minimum absolute atomic E-state index is 0.119. The van der Waals surface area contributed by atoms with Crippen LogP contribution >= 0.6 is 0 Å². The van der Waals surface area contributed by atoms with Crippen molar-refractivity contribution in [3.63, 3.8) is 0 Å². The summed E-state index contributed by atoms with van der Waals surface area (Å²) in [6.07, 6.45) is 4.28. The summed E-state index contributed by atoms with van der Waals surface area (Å²) in [5, 5.41) is 9.66. The van der Waals surface area contributed by atoms with Crippen molar-refractivity contribution in [2.24, 2.45) is 10.8 Å². The van der Waals surface area contributed by atoms with Gasteiger partial charge in [-0.25, -0.2) is 0 Å². The first-order valence-corrected chi connectivity index (χ1v) is 5.75. The highest BCUT2D eigenvalue weighted by Gasteiger charge is 2.49. The lowest BCUT2D eigenvalue weighted by atomic mass is 9.57. The lowest BCUT2D eigenvalue weighted by Crippen LogP contribution is -2.48. The van der Waals surface area contributed by atoms with Crippen LogP contribution in [0.3, 0.4) is 0 Å². The molecule has 2 nitrogen and oxygen atoms in total. The van der Waals surface area contributed by atoms with Gasteiger partial charge in [0.15, 0.2) is 0 Å². The normalized spacial score (nSPS) is 34.3. The Hall–Kier alpha value is -0.890. The van der Waals surface area contributed by atoms with Crippen molar-refractivity contribution in [3.05, 3.63) is 24.3 Å². The number of ketones is 1. The molecule has 1 aliphatic carbocycles. The molecular formula is C14H22O2. The van der Waals surface area contributed by atoms with Gasteiger partial charge in [0.05, 0.1) is 6.10 Å². The van der Waals surface area contributed by atoms with Gasteiger partial charge in [0.25, 0.3) is 0 Å². The first-order valence-electron chi connectivity index (χ1n) is 5.75. The Labute approximate surface area is 98.1 Å².